The van der Waals surface area contributed by atoms with Crippen LogP contribution >= 0.6 is 0 Å². The van der Waals surface area contributed by atoms with E-state index in [1.54, 1.807) is 7.05 Å². The zero-order valence-corrected chi connectivity index (χ0v) is 9.31. The third-order valence-corrected chi connectivity index (χ3v) is 2.86. The van der Waals surface area contributed by atoms with Gasteiger partial charge in [-0.3, -0.25) is 0 Å². The van der Waals surface area contributed by atoms with Crippen LogP contribution < -0.4 is 10.1 Å². The molecular weight excluding hydrogens is 257 g/mol. The van der Waals surface area contributed by atoms with Gasteiger partial charge in [0.05, 0.1) is 6.04 Å². The molecular formula is C11H10F5NO. The average molecular weight is 267 g/mol. The number of ether oxygens (including phenoxy) is 1. The molecule has 1 aromatic carbocycles. The normalized spacial score (nSPS) is 19.6. The van der Waals surface area contributed by atoms with Gasteiger partial charge < -0.3 is 10.1 Å². The Morgan fingerprint density at radius 3 is 2.44 bits per heavy atom. The van der Waals surface area contributed by atoms with Gasteiger partial charge in [0.15, 0.2) is 0 Å². The van der Waals surface area contributed by atoms with E-state index >= 15 is 0 Å². The molecule has 1 N–H and O–H groups in total. The highest BCUT2D eigenvalue weighted by Gasteiger charge is 2.58. The number of nitrogens with one attached hydrogen (secondary N) is 1. The Bertz CT molecular complexity index is 457. The van der Waals surface area contributed by atoms with Gasteiger partial charge in [-0.2, -0.15) is 22.0 Å². The first-order valence-corrected chi connectivity index (χ1v) is 5.16. The molecule has 100 valence electrons. The van der Waals surface area contributed by atoms with Gasteiger partial charge in [0.25, 0.3) is 0 Å². The highest BCUT2D eigenvalue weighted by Crippen LogP contribution is 2.46. The Kier molecular flexibility index (Phi) is 2.96. The fourth-order valence-corrected chi connectivity index (χ4v) is 1.81. The number of fused-ring (bicyclic) bond motifs is 1. The summed E-state index contributed by atoms with van der Waals surface area (Å²) in [4.78, 5) is 0. The maximum atomic E-state index is 13.1. The van der Waals surface area contributed by atoms with E-state index in [0.29, 0.717) is 5.56 Å². The van der Waals surface area contributed by atoms with Crippen LogP contribution in [0.25, 0.3) is 0 Å². The van der Waals surface area contributed by atoms with E-state index in [9.17, 15) is 22.0 Å². The summed E-state index contributed by atoms with van der Waals surface area (Å²) in [6.45, 7) is 0.215. The molecule has 1 atom stereocenters. The number of halogens is 5. The molecule has 0 unspecified atom stereocenters. The Morgan fingerprint density at radius 1 is 1.22 bits per heavy atom. The lowest BCUT2D eigenvalue weighted by Gasteiger charge is -2.20. The SMILES string of the molecule is CN[C@@H]1COc2cc(C(F)(F)C(F)(F)F)ccc21. The zero-order chi connectivity index (χ0) is 13.6. The molecule has 0 aromatic heterocycles. The minimum Gasteiger partial charge on any atom is -0.491 e. The summed E-state index contributed by atoms with van der Waals surface area (Å²) in [5.74, 6) is -4.81. The van der Waals surface area contributed by atoms with Crippen molar-refractivity contribution in [2.45, 2.75) is 18.1 Å². The monoisotopic (exact) mass is 267 g/mol. The summed E-state index contributed by atoms with van der Waals surface area (Å²) in [6.07, 6.45) is -5.61. The van der Waals surface area contributed by atoms with E-state index in [0.717, 1.165) is 12.1 Å². The summed E-state index contributed by atoms with van der Waals surface area (Å²) < 4.78 is 67.9. The second-order valence-electron chi connectivity index (χ2n) is 3.98. The molecule has 0 bridgehead atoms. The summed E-state index contributed by atoms with van der Waals surface area (Å²) in [7, 11) is 1.65. The minimum atomic E-state index is -5.61. The molecule has 1 aliphatic rings. The minimum absolute atomic E-state index is 0.0655. The van der Waals surface area contributed by atoms with Crippen LogP contribution in [0.5, 0.6) is 5.75 Å². The molecule has 2 rings (SSSR count). The van der Waals surface area contributed by atoms with Crippen molar-refractivity contribution in [3.05, 3.63) is 29.3 Å². The lowest BCUT2D eigenvalue weighted by atomic mass is 10.0. The summed E-state index contributed by atoms with van der Waals surface area (Å²) >= 11 is 0. The second kappa shape index (κ2) is 4.08. The lowest BCUT2D eigenvalue weighted by Crippen LogP contribution is -2.33. The second-order valence-corrected chi connectivity index (χ2v) is 3.98. The van der Waals surface area contributed by atoms with Gasteiger partial charge in [0, 0.05) is 11.1 Å². The fraction of sp³-hybridized carbons (Fsp3) is 0.455. The predicted molar refractivity (Wildman–Crippen MR) is 53.7 cm³/mol. The van der Waals surface area contributed by atoms with Crippen molar-refractivity contribution in [2.75, 3.05) is 13.7 Å². The van der Waals surface area contributed by atoms with E-state index in [1.165, 1.54) is 6.07 Å². The van der Waals surface area contributed by atoms with Gasteiger partial charge in [-0.15, -0.1) is 0 Å². The number of likely N-dealkylation sites (N-methyl/N-ethyl adjacent to an activating group) is 1. The first kappa shape index (κ1) is 13.1. The standard InChI is InChI=1S/C11H10F5NO/c1-17-8-5-18-9-4-6(2-3-7(8)9)10(12,13)11(14,15)16/h2-4,8,17H,5H2,1H3/t8-/m1/s1. The Morgan fingerprint density at radius 2 is 1.89 bits per heavy atom. The van der Waals surface area contributed by atoms with E-state index in [-0.39, 0.29) is 18.4 Å². The predicted octanol–water partition coefficient (Wildman–Crippen LogP) is 2.99. The number of benzene rings is 1. The molecule has 18 heavy (non-hydrogen) atoms. The van der Waals surface area contributed by atoms with Crippen LogP contribution in [0.3, 0.4) is 0 Å². The van der Waals surface area contributed by atoms with Crippen LogP contribution in [0.4, 0.5) is 22.0 Å². The number of rotatable bonds is 2. The molecule has 0 aliphatic carbocycles. The van der Waals surface area contributed by atoms with Gasteiger partial charge in [-0.25, -0.2) is 0 Å². The quantitative estimate of drug-likeness (QED) is 0.832. The highest BCUT2D eigenvalue weighted by atomic mass is 19.4. The molecule has 1 heterocycles. The van der Waals surface area contributed by atoms with Crippen molar-refractivity contribution < 1.29 is 26.7 Å². The summed E-state index contributed by atoms with van der Waals surface area (Å²) in [5, 5.41) is 2.87. The zero-order valence-electron chi connectivity index (χ0n) is 9.31. The van der Waals surface area contributed by atoms with Gasteiger partial charge in [0.1, 0.15) is 12.4 Å². The Balaban J connectivity index is 2.40. The van der Waals surface area contributed by atoms with E-state index in [2.05, 4.69) is 5.32 Å². The number of alkyl halides is 5. The first-order chi connectivity index (χ1) is 8.27. The van der Waals surface area contributed by atoms with E-state index in [1.807, 2.05) is 0 Å². The number of hydrogen-bond acceptors (Lipinski definition) is 2. The van der Waals surface area contributed by atoms with Gasteiger partial charge in [0.2, 0.25) is 0 Å². The van der Waals surface area contributed by atoms with Crippen molar-refractivity contribution in [3.8, 4) is 5.75 Å². The van der Waals surface area contributed by atoms with Crippen molar-refractivity contribution in [1.82, 2.24) is 5.32 Å². The van der Waals surface area contributed by atoms with Crippen LogP contribution in [0.15, 0.2) is 18.2 Å². The molecule has 1 aliphatic heterocycles. The molecule has 0 amide bonds. The van der Waals surface area contributed by atoms with Crippen LogP contribution in [0, 0.1) is 0 Å². The summed E-state index contributed by atoms with van der Waals surface area (Å²) in [6, 6.07) is 2.58. The first-order valence-electron chi connectivity index (χ1n) is 5.16. The Hall–Kier alpha value is -1.37. The number of hydrogen-bond donors (Lipinski definition) is 1. The third-order valence-electron chi connectivity index (χ3n) is 2.86. The van der Waals surface area contributed by atoms with Crippen molar-refractivity contribution >= 4 is 0 Å². The van der Waals surface area contributed by atoms with Gasteiger partial charge >= 0.3 is 12.1 Å². The topological polar surface area (TPSA) is 21.3 Å². The van der Waals surface area contributed by atoms with Crippen LogP contribution in [-0.2, 0) is 5.92 Å². The Labute approximate surface area is 99.7 Å². The largest absolute Gasteiger partial charge is 0.491 e. The van der Waals surface area contributed by atoms with Crippen LogP contribution in [0.2, 0.25) is 0 Å². The van der Waals surface area contributed by atoms with Gasteiger partial charge in [-0.05, 0) is 13.1 Å². The van der Waals surface area contributed by atoms with Crippen LogP contribution in [0.1, 0.15) is 17.2 Å². The molecule has 0 fully saturated rings. The van der Waals surface area contributed by atoms with Crippen LogP contribution in [-0.4, -0.2) is 19.8 Å². The fourth-order valence-electron chi connectivity index (χ4n) is 1.81. The van der Waals surface area contributed by atoms with Crippen molar-refractivity contribution in [1.29, 1.82) is 0 Å². The maximum Gasteiger partial charge on any atom is 0.458 e. The molecule has 0 radical (unpaired) electrons. The lowest BCUT2D eigenvalue weighted by molar-refractivity contribution is -0.289. The molecule has 2 nitrogen and oxygen atoms in total. The molecule has 1 aromatic rings. The molecule has 0 saturated carbocycles. The third kappa shape index (κ3) is 1.92. The van der Waals surface area contributed by atoms with Crippen molar-refractivity contribution in [3.63, 3.8) is 0 Å². The molecule has 7 heteroatoms. The molecule has 0 spiro atoms. The smallest absolute Gasteiger partial charge is 0.458 e. The molecule has 0 saturated heterocycles. The van der Waals surface area contributed by atoms with E-state index in [4.69, 9.17) is 4.74 Å². The van der Waals surface area contributed by atoms with Gasteiger partial charge in [-0.1, -0.05) is 12.1 Å². The van der Waals surface area contributed by atoms with Crippen molar-refractivity contribution in [2.24, 2.45) is 0 Å². The summed E-state index contributed by atoms with van der Waals surface area (Å²) in [5.41, 5.74) is -0.523. The average Bonchev–Trinajstić information content (AvgIpc) is 2.69. The maximum absolute atomic E-state index is 13.1. The van der Waals surface area contributed by atoms with E-state index < -0.39 is 17.7 Å². The highest BCUT2D eigenvalue weighted by molar-refractivity contribution is 5.44.